The quantitative estimate of drug-likeness (QED) is 0.471. The second kappa shape index (κ2) is 4.59. The van der Waals surface area contributed by atoms with Crippen LogP contribution in [0.3, 0.4) is 0 Å². The molecule has 0 radical (unpaired) electrons. The number of nitrogens with zero attached hydrogens (tertiary/aromatic N) is 2. The van der Waals surface area contributed by atoms with Gasteiger partial charge in [-0.3, -0.25) is 0 Å². The Morgan fingerprint density at radius 1 is 0.955 bits per heavy atom. The standard InChI is InChI=1S/C19H21GeN2/c1-14-9-5-6-10-15(14)19-21(4)13-18-20(2,3)16-11-7-8-12-17(16)22(18)19/h5-13H,1-4H3/q+1. The van der Waals surface area contributed by atoms with Crippen molar-refractivity contribution >= 4 is 22.2 Å². The molecule has 0 bridgehead atoms. The summed E-state index contributed by atoms with van der Waals surface area (Å²) in [6, 6.07) is 17.6. The molecule has 2 heterocycles. The van der Waals surface area contributed by atoms with Gasteiger partial charge in [-0.1, -0.05) is 0 Å². The average molecular weight is 350 g/mol. The van der Waals surface area contributed by atoms with E-state index in [9.17, 15) is 0 Å². The first kappa shape index (κ1) is 13.8. The van der Waals surface area contributed by atoms with Gasteiger partial charge in [0.15, 0.2) is 0 Å². The maximum absolute atomic E-state index is 2.51. The minimum absolute atomic E-state index is 1.30. The van der Waals surface area contributed by atoms with Gasteiger partial charge in [-0.2, -0.15) is 0 Å². The topological polar surface area (TPSA) is 8.81 Å². The van der Waals surface area contributed by atoms with Crippen LogP contribution in [-0.4, -0.2) is 17.8 Å². The molecule has 110 valence electrons. The third kappa shape index (κ3) is 1.70. The summed E-state index contributed by atoms with van der Waals surface area (Å²) in [5, 5.41) is 0. The Morgan fingerprint density at radius 3 is 2.41 bits per heavy atom. The van der Waals surface area contributed by atoms with E-state index in [0.29, 0.717) is 0 Å². The number of aromatic nitrogens is 2. The molecule has 0 saturated carbocycles. The second-order valence-corrected chi connectivity index (χ2v) is 15.8. The van der Waals surface area contributed by atoms with Gasteiger partial charge in [-0.15, -0.1) is 0 Å². The summed E-state index contributed by atoms with van der Waals surface area (Å²) in [5.41, 5.74) is 4.04. The van der Waals surface area contributed by atoms with Gasteiger partial charge in [0.1, 0.15) is 0 Å². The average Bonchev–Trinajstić information content (AvgIpc) is 2.95. The van der Waals surface area contributed by atoms with Crippen LogP contribution in [-0.2, 0) is 7.05 Å². The van der Waals surface area contributed by atoms with Crippen LogP contribution in [0.25, 0.3) is 17.1 Å². The maximum atomic E-state index is 2.51. The van der Waals surface area contributed by atoms with E-state index in [4.69, 9.17) is 0 Å². The molecule has 22 heavy (non-hydrogen) atoms. The molecule has 3 aromatic rings. The molecular weight excluding hydrogens is 329 g/mol. The van der Waals surface area contributed by atoms with Crippen molar-refractivity contribution in [3.05, 3.63) is 60.3 Å². The number of benzene rings is 2. The molecule has 2 aromatic carbocycles. The van der Waals surface area contributed by atoms with Crippen molar-refractivity contribution in [1.82, 2.24) is 4.57 Å². The normalized spacial score (nSPS) is 14.7. The number of rotatable bonds is 1. The van der Waals surface area contributed by atoms with Crippen LogP contribution in [0, 0.1) is 6.92 Å². The molecule has 1 aliphatic rings. The molecule has 0 spiro atoms. The monoisotopic (exact) mass is 351 g/mol. The van der Waals surface area contributed by atoms with Crippen molar-refractivity contribution in [1.29, 1.82) is 0 Å². The zero-order valence-electron chi connectivity index (χ0n) is 13.6. The summed E-state index contributed by atoms with van der Waals surface area (Å²) in [6.07, 6.45) is 2.36. The summed E-state index contributed by atoms with van der Waals surface area (Å²) in [7, 11) is 2.17. The van der Waals surface area contributed by atoms with Gasteiger partial charge >= 0.3 is 134 Å². The fourth-order valence-electron chi connectivity index (χ4n) is 3.73. The van der Waals surface area contributed by atoms with Gasteiger partial charge in [-0.05, 0) is 0 Å². The van der Waals surface area contributed by atoms with E-state index in [1.807, 2.05) is 0 Å². The van der Waals surface area contributed by atoms with Gasteiger partial charge < -0.3 is 0 Å². The van der Waals surface area contributed by atoms with E-state index in [1.54, 1.807) is 8.92 Å². The number of imidazole rings is 1. The first-order chi connectivity index (χ1) is 10.5. The molecule has 0 fully saturated rings. The minimum atomic E-state index is -2.17. The summed E-state index contributed by atoms with van der Waals surface area (Å²) in [4.78, 5) is 0. The molecule has 0 N–H and O–H groups in total. The fraction of sp³-hybridized carbons (Fsp3) is 0.211. The van der Waals surface area contributed by atoms with Crippen LogP contribution in [0.2, 0.25) is 11.5 Å². The number of hydrogen-bond acceptors (Lipinski definition) is 0. The molecular formula is C19H21GeN2+. The first-order valence-corrected chi connectivity index (χ1v) is 14.1. The van der Waals surface area contributed by atoms with Crippen molar-refractivity contribution in [2.75, 3.05) is 0 Å². The van der Waals surface area contributed by atoms with Crippen molar-refractivity contribution in [3.8, 4) is 17.1 Å². The van der Waals surface area contributed by atoms with Crippen molar-refractivity contribution in [3.63, 3.8) is 0 Å². The van der Waals surface area contributed by atoms with E-state index < -0.39 is 13.3 Å². The number of para-hydroxylation sites is 1. The van der Waals surface area contributed by atoms with Crippen LogP contribution < -0.4 is 13.5 Å². The summed E-state index contributed by atoms with van der Waals surface area (Å²) in [5.74, 6) is 6.30. The predicted octanol–water partition coefficient (Wildman–Crippen LogP) is 2.41. The number of aryl methyl sites for hydroxylation is 2. The number of fused-ring (bicyclic) bond motifs is 3. The first-order valence-electron chi connectivity index (χ1n) is 7.79. The molecule has 0 saturated heterocycles. The van der Waals surface area contributed by atoms with E-state index in [2.05, 4.69) is 89.3 Å². The summed E-state index contributed by atoms with van der Waals surface area (Å²) >= 11 is -2.17. The summed E-state index contributed by atoms with van der Waals surface area (Å²) < 4.78 is 7.95. The van der Waals surface area contributed by atoms with E-state index in [-0.39, 0.29) is 0 Å². The molecule has 1 aliphatic heterocycles. The van der Waals surface area contributed by atoms with Crippen LogP contribution in [0.4, 0.5) is 0 Å². The summed E-state index contributed by atoms with van der Waals surface area (Å²) in [6.45, 7) is 2.20. The zero-order chi connectivity index (χ0) is 15.5. The van der Waals surface area contributed by atoms with Crippen LogP contribution >= 0.6 is 0 Å². The van der Waals surface area contributed by atoms with Crippen molar-refractivity contribution < 1.29 is 4.57 Å². The van der Waals surface area contributed by atoms with E-state index in [1.165, 1.54) is 22.6 Å². The molecule has 0 atom stereocenters. The number of hydrogen-bond donors (Lipinski definition) is 0. The third-order valence-corrected chi connectivity index (χ3v) is 12.1. The second-order valence-electron chi connectivity index (χ2n) is 6.74. The molecule has 4 rings (SSSR count). The molecule has 0 unspecified atom stereocenters. The Bertz CT molecular complexity index is 890. The Labute approximate surface area is 134 Å². The van der Waals surface area contributed by atoms with Crippen molar-refractivity contribution in [2.45, 2.75) is 18.4 Å². The predicted molar refractivity (Wildman–Crippen MR) is 93.9 cm³/mol. The zero-order valence-corrected chi connectivity index (χ0v) is 15.7. The SMILES string of the molecule is Cc1ccccc1-c1n2[c](c[n+]1C)[Ge]([CH3])([CH3])[c]1ccccc1-2. The van der Waals surface area contributed by atoms with Crippen LogP contribution in [0.1, 0.15) is 5.56 Å². The molecule has 0 aliphatic carbocycles. The van der Waals surface area contributed by atoms with Crippen LogP contribution in [0.5, 0.6) is 0 Å². The third-order valence-electron chi connectivity index (χ3n) is 4.95. The Morgan fingerprint density at radius 2 is 1.64 bits per heavy atom. The van der Waals surface area contributed by atoms with Gasteiger partial charge in [0.05, 0.1) is 0 Å². The van der Waals surface area contributed by atoms with Gasteiger partial charge in [0.2, 0.25) is 0 Å². The van der Waals surface area contributed by atoms with Crippen molar-refractivity contribution in [2.24, 2.45) is 7.05 Å². The Hall–Kier alpha value is -1.81. The van der Waals surface area contributed by atoms with Gasteiger partial charge in [0, 0.05) is 0 Å². The Balaban J connectivity index is 2.10. The molecule has 0 amide bonds. The van der Waals surface area contributed by atoms with Gasteiger partial charge in [-0.25, -0.2) is 0 Å². The molecule has 1 aromatic heterocycles. The molecule has 3 heteroatoms. The van der Waals surface area contributed by atoms with Crippen LogP contribution in [0.15, 0.2) is 54.7 Å². The Kier molecular flexibility index (Phi) is 2.89. The van der Waals surface area contributed by atoms with Gasteiger partial charge in [0.25, 0.3) is 0 Å². The van der Waals surface area contributed by atoms with E-state index >= 15 is 0 Å². The van der Waals surface area contributed by atoms with E-state index in [0.717, 1.165) is 0 Å². The fourth-order valence-corrected chi connectivity index (χ4v) is 9.87. The molecule has 2 nitrogen and oxygen atoms in total.